The van der Waals surface area contributed by atoms with Crippen LogP contribution >= 0.6 is 0 Å². The molecule has 136 valence electrons. The smallest absolute Gasteiger partial charge is 0.317 e. The van der Waals surface area contributed by atoms with Crippen LogP contribution in [0.1, 0.15) is 37.8 Å². The van der Waals surface area contributed by atoms with Crippen LogP contribution in [-0.2, 0) is 16.1 Å². The van der Waals surface area contributed by atoms with Crippen LogP contribution in [0.3, 0.4) is 0 Å². The van der Waals surface area contributed by atoms with Crippen molar-refractivity contribution in [1.29, 1.82) is 0 Å². The van der Waals surface area contributed by atoms with E-state index in [4.69, 9.17) is 4.74 Å². The fraction of sp³-hybridized carbons (Fsp3) is 0.579. The number of nitrogens with zero attached hydrogens (tertiary/aromatic N) is 2. The lowest BCUT2D eigenvalue weighted by molar-refractivity contribution is -0.140. The van der Waals surface area contributed by atoms with Crippen molar-refractivity contribution in [3.63, 3.8) is 0 Å². The molecule has 6 heteroatoms. The topological polar surface area (TPSA) is 61.9 Å². The van der Waals surface area contributed by atoms with Gasteiger partial charge in [-0.3, -0.25) is 4.79 Å². The molecule has 2 aliphatic rings. The number of likely N-dealkylation sites (tertiary alicyclic amines) is 1. The fourth-order valence-corrected chi connectivity index (χ4v) is 3.55. The van der Waals surface area contributed by atoms with Gasteiger partial charge in [-0.05, 0) is 17.0 Å². The molecular formula is C19H27N3O3. The highest BCUT2D eigenvalue weighted by atomic mass is 16.5. The molecule has 1 aromatic carbocycles. The molecule has 2 fully saturated rings. The summed E-state index contributed by atoms with van der Waals surface area (Å²) in [5.41, 5.74) is 2.37. The van der Waals surface area contributed by atoms with E-state index < -0.39 is 0 Å². The summed E-state index contributed by atoms with van der Waals surface area (Å²) >= 11 is 0. The molecule has 2 unspecified atom stereocenters. The van der Waals surface area contributed by atoms with Crippen LogP contribution in [0, 0.1) is 0 Å². The molecule has 0 aromatic heterocycles. The minimum absolute atomic E-state index is 0.0256. The third-order valence-electron chi connectivity index (χ3n) is 5.08. The van der Waals surface area contributed by atoms with E-state index in [1.165, 1.54) is 5.56 Å². The third-order valence-corrected chi connectivity index (χ3v) is 5.08. The van der Waals surface area contributed by atoms with Gasteiger partial charge in [-0.1, -0.05) is 38.1 Å². The molecule has 2 heterocycles. The van der Waals surface area contributed by atoms with Crippen LogP contribution in [0.4, 0.5) is 4.79 Å². The molecule has 1 N–H and O–H groups in total. The van der Waals surface area contributed by atoms with Gasteiger partial charge in [0.1, 0.15) is 0 Å². The van der Waals surface area contributed by atoms with E-state index in [0.717, 1.165) is 5.56 Å². The van der Waals surface area contributed by atoms with Crippen molar-refractivity contribution < 1.29 is 14.3 Å². The van der Waals surface area contributed by atoms with Gasteiger partial charge in [0.25, 0.3) is 0 Å². The Hall–Kier alpha value is -2.08. The first-order valence-corrected chi connectivity index (χ1v) is 8.96. The second-order valence-corrected chi connectivity index (χ2v) is 7.15. The fourth-order valence-electron chi connectivity index (χ4n) is 3.55. The molecule has 3 rings (SSSR count). The van der Waals surface area contributed by atoms with Gasteiger partial charge in [-0.25, -0.2) is 4.79 Å². The SMILES string of the molecule is CC(=O)N1CCOC2CN(C(=O)NCc3ccc(C(C)C)cc3)CC21. The summed E-state index contributed by atoms with van der Waals surface area (Å²) in [7, 11) is 0. The first-order chi connectivity index (χ1) is 12.0. The van der Waals surface area contributed by atoms with Crippen molar-refractivity contribution in [2.24, 2.45) is 0 Å². The molecule has 0 bridgehead atoms. The average molecular weight is 345 g/mol. The van der Waals surface area contributed by atoms with Crippen molar-refractivity contribution in [1.82, 2.24) is 15.1 Å². The second-order valence-electron chi connectivity index (χ2n) is 7.15. The number of hydrogen-bond acceptors (Lipinski definition) is 3. The minimum Gasteiger partial charge on any atom is -0.372 e. The van der Waals surface area contributed by atoms with E-state index in [1.54, 1.807) is 11.8 Å². The van der Waals surface area contributed by atoms with E-state index in [2.05, 4.69) is 43.4 Å². The van der Waals surface area contributed by atoms with Gasteiger partial charge in [-0.2, -0.15) is 0 Å². The Balaban J connectivity index is 1.54. The molecule has 2 aliphatic heterocycles. The maximum Gasteiger partial charge on any atom is 0.317 e. The number of carbonyl (C=O) groups excluding carboxylic acids is 2. The van der Waals surface area contributed by atoms with Crippen molar-refractivity contribution >= 4 is 11.9 Å². The van der Waals surface area contributed by atoms with Crippen molar-refractivity contribution in [2.45, 2.75) is 45.4 Å². The Kier molecular flexibility index (Phi) is 5.27. The number of carbonyl (C=O) groups is 2. The number of fused-ring (bicyclic) bond motifs is 1. The molecule has 3 amide bonds. The first kappa shape index (κ1) is 17.7. The average Bonchev–Trinajstić information content (AvgIpc) is 3.04. The number of urea groups is 1. The van der Waals surface area contributed by atoms with E-state index in [9.17, 15) is 9.59 Å². The van der Waals surface area contributed by atoms with Crippen LogP contribution in [-0.4, -0.2) is 60.1 Å². The number of nitrogens with one attached hydrogen (secondary N) is 1. The predicted octanol–water partition coefficient (Wildman–Crippen LogP) is 1.95. The Bertz CT molecular complexity index is 629. The number of hydrogen-bond donors (Lipinski definition) is 1. The Morgan fingerprint density at radius 1 is 1.24 bits per heavy atom. The number of rotatable bonds is 3. The van der Waals surface area contributed by atoms with E-state index in [0.29, 0.717) is 38.7 Å². The molecule has 6 nitrogen and oxygen atoms in total. The molecule has 2 saturated heterocycles. The number of ether oxygens (including phenoxy) is 1. The zero-order valence-electron chi connectivity index (χ0n) is 15.2. The highest BCUT2D eigenvalue weighted by molar-refractivity contribution is 5.76. The summed E-state index contributed by atoms with van der Waals surface area (Å²) < 4.78 is 5.75. The molecule has 0 radical (unpaired) electrons. The largest absolute Gasteiger partial charge is 0.372 e. The Morgan fingerprint density at radius 3 is 2.60 bits per heavy atom. The molecule has 0 aliphatic carbocycles. The maximum absolute atomic E-state index is 12.5. The zero-order chi connectivity index (χ0) is 18.0. The maximum atomic E-state index is 12.5. The van der Waals surface area contributed by atoms with Crippen LogP contribution in [0.5, 0.6) is 0 Å². The Morgan fingerprint density at radius 2 is 1.96 bits per heavy atom. The van der Waals surface area contributed by atoms with Crippen LogP contribution in [0.15, 0.2) is 24.3 Å². The van der Waals surface area contributed by atoms with Crippen molar-refractivity contribution in [3.05, 3.63) is 35.4 Å². The quantitative estimate of drug-likeness (QED) is 0.911. The lowest BCUT2D eigenvalue weighted by Gasteiger charge is -2.35. The molecule has 25 heavy (non-hydrogen) atoms. The molecule has 1 aromatic rings. The standard InChI is InChI=1S/C19H27N3O3/c1-13(2)16-6-4-15(5-7-16)10-20-19(24)21-11-17-18(12-21)25-9-8-22(17)14(3)23/h4-7,13,17-18H,8-12H2,1-3H3,(H,20,24). The van der Waals surface area contributed by atoms with E-state index >= 15 is 0 Å². The van der Waals surface area contributed by atoms with Crippen LogP contribution in [0.2, 0.25) is 0 Å². The summed E-state index contributed by atoms with van der Waals surface area (Å²) in [4.78, 5) is 27.8. The highest BCUT2D eigenvalue weighted by Gasteiger charge is 2.42. The van der Waals surface area contributed by atoms with Crippen molar-refractivity contribution in [3.8, 4) is 0 Å². The first-order valence-electron chi connectivity index (χ1n) is 8.96. The summed E-state index contributed by atoms with van der Waals surface area (Å²) in [6.07, 6.45) is -0.0753. The van der Waals surface area contributed by atoms with E-state index in [-0.39, 0.29) is 24.1 Å². The van der Waals surface area contributed by atoms with Gasteiger partial charge in [0.2, 0.25) is 5.91 Å². The summed E-state index contributed by atoms with van der Waals surface area (Å²) in [6, 6.07) is 8.20. The van der Waals surface area contributed by atoms with Crippen LogP contribution < -0.4 is 5.32 Å². The summed E-state index contributed by atoms with van der Waals surface area (Å²) in [5.74, 6) is 0.548. The van der Waals surface area contributed by atoms with Gasteiger partial charge in [0.05, 0.1) is 25.3 Å². The number of amides is 3. The van der Waals surface area contributed by atoms with Crippen LogP contribution in [0.25, 0.3) is 0 Å². The van der Waals surface area contributed by atoms with Crippen molar-refractivity contribution in [2.75, 3.05) is 26.2 Å². The van der Waals surface area contributed by atoms with Gasteiger partial charge < -0.3 is 19.9 Å². The lowest BCUT2D eigenvalue weighted by atomic mass is 10.0. The minimum atomic E-state index is -0.102. The van der Waals surface area contributed by atoms with Gasteiger partial charge in [0.15, 0.2) is 0 Å². The lowest BCUT2D eigenvalue weighted by Crippen LogP contribution is -2.52. The monoisotopic (exact) mass is 345 g/mol. The zero-order valence-corrected chi connectivity index (χ0v) is 15.2. The molecular weight excluding hydrogens is 318 g/mol. The second kappa shape index (κ2) is 7.44. The van der Waals surface area contributed by atoms with Gasteiger partial charge >= 0.3 is 6.03 Å². The highest BCUT2D eigenvalue weighted by Crippen LogP contribution is 2.23. The van der Waals surface area contributed by atoms with Gasteiger partial charge in [-0.15, -0.1) is 0 Å². The third kappa shape index (κ3) is 3.95. The van der Waals surface area contributed by atoms with Gasteiger partial charge in [0, 0.05) is 26.6 Å². The normalized spacial score (nSPS) is 22.9. The number of benzene rings is 1. The molecule has 2 atom stereocenters. The number of morpholine rings is 1. The summed E-state index contributed by atoms with van der Waals surface area (Å²) in [5, 5.41) is 2.97. The van der Waals surface area contributed by atoms with E-state index in [1.807, 2.05) is 4.90 Å². The molecule has 0 spiro atoms. The Labute approximate surface area is 149 Å². The molecule has 0 saturated carbocycles. The summed E-state index contributed by atoms with van der Waals surface area (Å²) in [6.45, 7) is 8.61. The predicted molar refractivity (Wildman–Crippen MR) is 95.3 cm³/mol.